The highest BCUT2D eigenvalue weighted by Crippen LogP contribution is 2.33. The smallest absolute Gasteiger partial charge is 0.254 e. The summed E-state index contributed by atoms with van der Waals surface area (Å²) in [5.41, 5.74) is 1.40. The number of furan rings is 1. The molecular weight excluding hydrogens is 514 g/mol. The lowest BCUT2D eigenvalue weighted by Gasteiger charge is -2.30. The first-order valence-corrected chi connectivity index (χ1v) is 13.5. The predicted octanol–water partition coefficient (Wildman–Crippen LogP) is 3.41. The molecule has 0 saturated carbocycles. The van der Waals surface area contributed by atoms with E-state index in [9.17, 15) is 9.59 Å². The van der Waals surface area contributed by atoms with Gasteiger partial charge >= 0.3 is 0 Å². The van der Waals surface area contributed by atoms with Gasteiger partial charge in [-0.1, -0.05) is 6.07 Å². The van der Waals surface area contributed by atoms with Crippen molar-refractivity contribution in [3.8, 4) is 17.2 Å². The van der Waals surface area contributed by atoms with Gasteiger partial charge in [0.25, 0.3) is 5.91 Å². The molecule has 5 rings (SSSR count). The zero-order chi connectivity index (χ0) is 27.7. The van der Waals surface area contributed by atoms with Gasteiger partial charge < -0.3 is 33.2 Å². The molecule has 10 heteroatoms. The van der Waals surface area contributed by atoms with Gasteiger partial charge in [-0.25, -0.2) is 0 Å². The van der Waals surface area contributed by atoms with E-state index in [1.165, 1.54) is 0 Å². The Labute approximate surface area is 233 Å². The van der Waals surface area contributed by atoms with Crippen molar-refractivity contribution >= 4 is 11.8 Å². The molecule has 2 aliphatic heterocycles. The van der Waals surface area contributed by atoms with Crippen LogP contribution in [0.4, 0.5) is 0 Å². The molecule has 0 bridgehead atoms. The zero-order valence-electron chi connectivity index (χ0n) is 22.8. The van der Waals surface area contributed by atoms with E-state index in [1.54, 1.807) is 53.5 Å². The van der Waals surface area contributed by atoms with Crippen LogP contribution in [-0.2, 0) is 22.6 Å². The second kappa shape index (κ2) is 13.4. The Bertz CT molecular complexity index is 1260. The number of hydrogen-bond acceptors (Lipinski definition) is 8. The number of carbonyl (C=O) groups is 2. The Morgan fingerprint density at radius 1 is 0.950 bits per heavy atom. The van der Waals surface area contributed by atoms with Crippen LogP contribution in [0.25, 0.3) is 0 Å². The second-order valence-corrected chi connectivity index (χ2v) is 9.78. The summed E-state index contributed by atoms with van der Waals surface area (Å²) in [5, 5.41) is 0. The molecule has 212 valence electrons. The van der Waals surface area contributed by atoms with Crippen molar-refractivity contribution in [3.05, 3.63) is 77.7 Å². The Kier molecular flexibility index (Phi) is 9.20. The third kappa shape index (κ3) is 7.13. The first kappa shape index (κ1) is 27.5. The third-order valence-corrected chi connectivity index (χ3v) is 7.05. The average molecular weight is 550 g/mol. The van der Waals surface area contributed by atoms with Gasteiger partial charge in [0.1, 0.15) is 18.1 Å². The van der Waals surface area contributed by atoms with E-state index in [-0.39, 0.29) is 31.7 Å². The molecule has 0 unspecified atom stereocenters. The van der Waals surface area contributed by atoms with E-state index in [0.717, 1.165) is 31.6 Å². The number of amides is 2. The van der Waals surface area contributed by atoms with Crippen LogP contribution in [0, 0.1) is 0 Å². The van der Waals surface area contributed by atoms with Gasteiger partial charge in [-0.3, -0.25) is 14.5 Å². The van der Waals surface area contributed by atoms with Crippen LogP contribution >= 0.6 is 0 Å². The number of ether oxygens (including phenoxy) is 4. The fraction of sp³-hybridized carbons (Fsp3) is 0.400. The fourth-order valence-electron chi connectivity index (χ4n) is 4.82. The topological polar surface area (TPSA) is 93.9 Å². The van der Waals surface area contributed by atoms with E-state index >= 15 is 0 Å². The maximum atomic E-state index is 13.8. The summed E-state index contributed by atoms with van der Waals surface area (Å²) < 4.78 is 27.2. The molecule has 1 aromatic heterocycles. The maximum Gasteiger partial charge on any atom is 0.254 e. The minimum Gasteiger partial charge on any atom is -0.497 e. The van der Waals surface area contributed by atoms with Crippen LogP contribution in [0.1, 0.15) is 28.1 Å². The summed E-state index contributed by atoms with van der Waals surface area (Å²) in [6.07, 6.45) is 2.33. The number of morpholine rings is 1. The fourth-order valence-corrected chi connectivity index (χ4v) is 4.82. The molecule has 10 nitrogen and oxygen atoms in total. The lowest BCUT2D eigenvalue weighted by Crippen LogP contribution is -2.44. The van der Waals surface area contributed by atoms with Gasteiger partial charge in [0.2, 0.25) is 12.7 Å². The highest BCUT2D eigenvalue weighted by Gasteiger charge is 2.25. The van der Waals surface area contributed by atoms with E-state index in [4.69, 9.17) is 23.4 Å². The number of hydrogen-bond donors (Lipinski definition) is 0. The maximum absolute atomic E-state index is 13.8. The molecule has 0 radical (unpaired) electrons. The Morgan fingerprint density at radius 2 is 1.75 bits per heavy atom. The molecule has 0 N–H and O–H groups in total. The highest BCUT2D eigenvalue weighted by molar-refractivity contribution is 5.96. The summed E-state index contributed by atoms with van der Waals surface area (Å²) >= 11 is 0. The number of nitrogens with zero attached hydrogens (tertiary/aromatic N) is 3. The molecule has 1 fully saturated rings. The number of methoxy groups -OCH3 is 1. The molecule has 1 saturated heterocycles. The minimum absolute atomic E-state index is 0.0563. The van der Waals surface area contributed by atoms with Crippen LogP contribution in [0.2, 0.25) is 0 Å². The standard InChI is InChI=1S/C30H35N3O7/c1-36-25-8-6-24(7-9-25)30(35)32(12-3-11-31-13-16-37-17-14-31)21-29(34)33(20-26-4-2-15-38-26)19-23-5-10-27-28(18-23)40-22-39-27/h2,4-10,15,18H,3,11-14,16-17,19-22H2,1H3. The number of fused-ring (bicyclic) bond motifs is 1. The molecule has 0 spiro atoms. The quantitative estimate of drug-likeness (QED) is 0.339. The van der Waals surface area contributed by atoms with Gasteiger partial charge in [-0.15, -0.1) is 0 Å². The van der Waals surface area contributed by atoms with Crippen molar-refractivity contribution < 1.29 is 33.0 Å². The summed E-state index contributed by atoms with van der Waals surface area (Å²) in [4.78, 5) is 33.1. The lowest BCUT2D eigenvalue weighted by atomic mass is 10.1. The highest BCUT2D eigenvalue weighted by atomic mass is 16.7. The molecule has 3 heterocycles. The van der Waals surface area contributed by atoms with Crippen molar-refractivity contribution in [1.29, 1.82) is 0 Å². The first-order chi connectivity index (χ1) is 19.6. The predicted molar refractivity (Wildman–Crippen MR) is 146 cm³/mol. The van der Waals surface area contributed by atoms with Crippen molar-refractivity contribution in [1.82, 2.24) is 14.7 Å². The van der Waals surface area contributed by atoms with Gasteiger partial charge in [0.05, 0.1) is 33.1 Å². The van der Waals surface area contributed by atoms with Gasteiger partial charge in [0.15, 0.2) is 11.5 Å². The zero-order valence-corrected chi connectivity index (χ0v) is 22.8. The molecule has 2 amide bonds. The summed E-state index contributed by atoms with van der Waals surface area (Å²) in [5.74, 6) is 2.29. The SMILES string of the molecule is COc1ccc(C(=O)N(CCCN2CCOCC2)CC(=O)N(Cc2ccc3c(c2)OCO3)Cc2ccco2)cc1. The number of carbonyl (C=O) groups excluding carboxylic acids is 2. The molecule has 0 aliphatic carbocycles. The van der Waals surface area contributed by atoms with E-state index in [2.05, 4.69) is 4.90 Å². The van der Waals surface area contributed by atoms with Crippen LogP contribution in [0.15, 0.2) is 65.3 Å². The van der Waals surface area contributed by atoms with Crippen molar-refractivity contribution in [3.63, 3.8) is 0 Å². The van der Waals surface area contributed by atoms with E-state index in [1.807, 2.05) is 24.3 Å². The van der Waals surface area contributed by atoms with Crippen LogP contribution < -0.4 is 14.2 Å². The molecule has 40 heavy (non-hydrogen) atoms. The largest absolute Gasteiger partial charge is 0.497 e. The lowest BCUT2D eigenvalue weighted by molar-refractivity contribution is -0.133. The Morgan fingerprint density at radius 3 is 2.50 bits per heavy atom. The van der Waals surface area contributed by atoms with Crippen LogP contribution in [0.5, 0.6) is 17.2 Å². The number of rotatable bonds is 12. The number of benzene rings is 2. The minimum atomic E-state index is -0.195. The molecule has 3 aromatic rings. The Hall–Kier alpha value is -4.02. The van der Waals surface area contributed by atoms with Gasteiger partial charge in [0, 0.05) is 38.3 Å². The van der Waals surface area contributed by atoms with Crippen molar-refractivity contribution in [2.45, 2.75) is 19.5 Å². The summed E-state index contributed by atoms with van der Waals surface area (Å²) in [6.45, 7) is 5.19. The van der Waals surface area contributed by atoms with E-state index < -0.39 is 0 Å². The Balaban J connectivity index is 1.32. The van der Waals surface area contributed by atoms with Crippen LogP contribution in [-0.4, -0.2) is 86.4 Å². The van der Waals surface area contributed by atoms with Crippen LogP contribution in [0.3, 0.4) is 0 Å². The van der Waals surface area contributed by atoms with E-state index in [0.29, 0.717) is 54.9 Å². The molecule has 0 atom stereocenters. The molecule has 2 aliphatic rings. The summed E-state index contributed by atoms with van der Waals surface area (Å²) in [7, 11) is 1.58. The summed E-state index contributed by atoms with van der Waals surface area (Å²) in [6, 6.07) is 16.2. The third-order valence-electron chi connectivity index (χ3n) is 7.05. The van der Waals surface area contributed by atoms with Crippen molar-refractivity contribution in [2.24, 2.45) is 0 Å². The van der Waals surface area contributed by atoms with Gasteiger partial charge in [-0.2, -0.15) is 0 Å². The average Bonchev–Trinajstić information content (AvgIpc) is 3.68. The monoisotopic (exact) mass is 549 g/mol. The van der Waals surface area contributed by atoms with Crippen molar-refractivity contribution in [2.75, 3.05) is 59.8 Å². The normalized spacial score (nSPS) is 14.6. The second-order valence-electron chi connectivity index (χ2n) is 9.78. The van der Waals surface area contributed by atoms with Gasteiger partial charge in [-0.05, 0) is 60.5 Å². The molecular formula is C30H35N3O7. The molecule has 2 aromatic carbocycles. The first-order valence-electron chi connectivity index (χ1n) is 13.5.